The molecule has 0 aliphatic carbocycles. The Labute approximate surface area is 143 Å². The summed E-state index contributed by atoms with van der Waals surface area (Å²) in [5.74, 6) is -0.450. The van der Waals surface area contributed by atoms with E-state index in [9.17, 15) is 9.59 Å². The number of benzene rings is 1. The molecule has 0 aromatic heterocycles. The molecule has 1 heterocycles. The zero-order valence-corrected chi connectivity index (χ0v) is 14.7. The number of carbonyl (C=O) groups is 2. The first kappa shape index (κ1) is 18.0. The monoisotopic (exact) mass is 330 g/mol. The molecule has 1 saturated heterocycles. The van der Waals surface area contributed by atoms with Crippen molar-refractivity contribution in [3.63, 3.8) is 0 Å². The van der Waals surface area contributed by atoms with Gasteiger partial charge in [0.15, 0.2) is 0 Å². The minimum absolute atomic E-state index is 0.0549. The molecule has 0 N–H and O–H groups in total. The van der Waals surface area contributed by atoms with Gasteiger partial charge in [0.2, 0.25) is 5.91 Å². The van der Waals surface area contributed by atoms with E-state index in [1.165, 1.54) is 0 Å². The van der Waals surface area contributed by atoms with Crippen LogP contribution in [-0.2, 0) is 14.3 Å². The summed E-state index contributed by atoms with van der Waals surface area (Å²) in [6.45, 7) is 3.32. The predicted octanol–water partition coefficient (Wildman–Crippen LogP) is 2.57. The number of likely N-dealkylation sites (tertiary alicyclic amines) is 1. The van der Waals surface area contributed by atoms with Gasteiger partial charge in [0, 0.05) is 38.9 Å². The molecule has 1 unspecified atom stereocenters. The van der Waals surface area contributed by atoms with E-state index < -0.39 is 0 Å². The minimum Gasteiger partial charge on any atom is -0.466 e. The molecule has 1 aliphatic heterocycles. The maximum absolute atomic E-state index is 12.4. The molecule has 1 atom stereocenters. The van der Waals surface area contributed by atoms with E-state index in [0.717, 1.165) is 24.1 Å². The van der Waals surface area contributed by atoms with Crippen LogP contribution >= 0.6 is 0 Å². The first-order valence-electron chi connectivity index (χ1n) is 8.42. The average Bonchev–Trinajstić information content (AvgIpc) is 2.60. The van der Waals surface area contributed by atoms with E-state index in [4.69, 9.17) is 4.74 Å². The molecule has 2 rings (SSSR count). The van der Waals surface area contributed by atoms with E-state index in [0.29, 0.717) is 19.7 Å². The van der Waals surface area contributed by atoms with Gasteiger partial charge in [-0.3, -0.25) is 9.59 Å². The topological polar surface area (TPSA) is 49.9 Å². The summed E-state index contributed by atoms with van der Waals surface area (Å²) in [4.78, 5) is 28.0. The second-order valence-corrected chi connectivity index (χ2v) is 6.19. The van der Waals surface area contributed by atoms with Crippen LogP contribution in [-0.4, -0.2) is 50.6 Å². The third-order valence-electron chi connectivity index (χ3n) is 4.18. The van der Waals surface area contributed by atoms with E-state index in [2.05, 4.69) is 0 Å². The van der Waals surface area contributed by atoms with Gasteiger partial charge in [-0.15, -0.1) is 0 Å². The van der Waals surface area contributed by atoms with Crippen LogP contribution in [0.2, 0.25) is 0 Å². The molecule has 24 heavy (non-hydrogen) atoms. The fourth-order valence-electron chi connectivity index (χ4n) is 2.79. The quantitative estimate of drug-likeness (QED) is 0.615. The number of rotatable bonds is 5. The number of anilines is 1. The van der Waals surface area contributed by atoms with E-state index >= 15 is 0 Å². The van der Waals surface area contributed by atoms with E-state index in [1.807, 2.05) is 49.3 Å². The van der Waals surface area contributed by atoms with Crippen LogP contribution in [0, 0.1) is 5.92 Å². The highest BCUT2D eigenvalue weighted by molar-refractivity contribution is 5.92. The van der Waals surface area contributed by atoms with Crippen molar-refractivity contribution in [2.45, 2.75) is 19.8 Å². The van der Waals surface area contributed by atoms with Crippen molar-refractivity contribution in [2.24, 2.45) is 5.92 Å². The molecule has 5 nitrogen and oxygen atoms in total. The van der Waals surface area contributed by atoms with Crippen molar-refractivity contribution in [3.05, 3.63) is 35.9 Å². The molecule has 0 spiro atoms. The third kappa shape index (κ3) is 4.85. The van der Waals surface area contributed by atoms with Gasteiger partial charge in [-0.05, 0) is 43.5 Å². The second-order valence-electron chi connectivity index (χ2n) is 6.19. The van der Waals surface area contributed by atoms with Crippen LogP contribution in [0.4, 0.5) is 5.69 Å². The van der Waals surface area contributed by atoms with Crippen molar-refractivity contribution < 1.29 is 14.3 Å². The lowest BCUT2D eigenvalue weighted by molar-refractivity contribution is -0.150. The summed E-state index contributed by atoms with van der Waals surface area (Å²) in [6, 6.07) is 8.00. The van der Waals surface area contributed by atoms with Gasteiger partial charge in [0.1, 0.15) is 0 Å². The molecule has 1 aromatic carbocycles. The zero-order valence-electron chi connectivity index (χ0n) is 14.7. The van der Waals surface area contributed by atoms with Crippen molar-refractivity contribution in [1.82, 2.24) is 4.90 Å². The number of amides is 1. The number of esters is 1. The van der Waals surface area contributed by atoms with Crippen molar-refractivity contribution >= 4 is 23.6 Å². The van der Waals surface area contributed by atoms with Crippen LogP contribution in [0.15, 0.2) is 30.3 Å². The summed E-state index contributed by atoms with van der Waals surface area (Å²) >= 11 is 0. The van der Waals surface area contributed by atoms with Crippen LogP contribution in [0.3, 0.4) is 0 Å². The lowest BCUT2D eigenvalue weighted by Gasteiger charge is -2.30. The Bertz CT molecular complexity index is 593. The Morgan fingerprint density at radius 2 is 2.00 bits per heavy atom. The summed E-state index contributed by atoms with van der Waals surface area (Å²) in [5.41, 5.74) is 2.10. The SMILES string of the molecule is CCOC(=O)C1CCCN(C(=O)/C=C/c2ccc(N(C)C)cc2)C1. The van der Waals surface area contributed by atoms with Crippen molar-refractivity contribution in [3.8, 4) is 0 Å². The number of ether oxygens (including phenoxy) is 1. The summed E-state index contributed by atoms with van der Waals surface area (Å²) in [6.07, 6.45) is 5.02. The van der Waals surface area contributed by atoms with Gasteiger partial charge < -0.3 is 14.5 Å². The van der Waals surface area contributed by atoms with E-state index in [1.54, 1.807) is 17.9 Å². The zero-order chi connectivity index (χ0) is 17.5. The van der Waals surface area contributed by atoms with Crippen LogP contribution in [0.25, 0.3) is 6.08 Å². The standard InChI is InChI=1S/C19H26N2O3/c1-4-24-19(23)16-6-5-13-21(14-16)18(22)12-9-15-7-10-17(11-8-15)20(2)3/h7-12,16H,4-6,13-14H2,1-3H3/b12-9+. The fourth-order valence-corrected chi connectivity index (χ4v) is 2.79. The normalized spacial score (nSPS) is 17.8. The third-order valence-corrected chi connectivity index (χ3v) is 4.18. The highest BCUT2D eigenvalue weighted by Crippen LogP contribution is 2.19. The van der Waals surface area contributed by atoms with Crippen LogP contribution in [0.1, 0.15) is 25.3 Å². The molecule has 1 fully saturated rings. The molecule has 1 amide bonds. The molecule has 130 valence electrons. The number of piperidine rings is 1. The van der Waals surface area contributed by atoms with Gasteiger partial charge in [0.05, 0.1) is 12.5 Å². The summed E-state index contributed by atoms with van der Waals surface area (Å²) < 4.78 is 5.07. The maximum atomic E-state index is 12.4. The Balaban J connectivity index is 1.94. The van der Waals surface area contributed by atoms with Crippen molar-refractivity contribution in [1.29, 1.82) is 0 Å². The smallest absolute Gasteiger partial charge is 0.310 e. The molecule has 5 heteroatoms. The second kappa shape index (κ2) is 8.52. The highest BCUT2D eigenvalue weighted by Gasteiger charge is 2.28. The van der Waals surface area contributed by atoms with Gasteiger partial charge >= 0.3 is 5.97 Å². The lowest BCUT2D eigenvalue weighted by Crippen LogP contribution is -2.42. The fraction of sp³-hybridized carbons (Fsp3) is 0.474. The first-order chi connectivity index (χ1) is 11.5. The minimum atomic E-state index is -0.199. The number of nitrogens with zero attached hydrogens (tertiary/aromatic N) is 2. The van der Waals surface area contributed by atoms with Gasteiger partial charge in [-0.2, -0.15) is 0 Å². The number of hydrogen-bond donors (Lipinski definition) is 0. The number of hydrogen-bond acceptors (Lipinski definition) is 4. The Hall–Kier alpha value is -2.30. The summed E-state index contributed by atoms with van der Waals surface area (Å²) in [7, 11) is 3.98. The first-order valence-corrected chi connectivity index (χ1v) is 8.42. The average molecular weight is 330 g/mol. The maximum Gasteiger partial charge on any atom is 0.310 e. The molecule has 0 bridgehead atoms. The molecule has 1 aliphatic rings. The lowest BCUT2D eigenvalue weighted by atomic mass is 9.98. The molecular weight excluding hydrogens is 304 g/mol. The van der Waals surface area contributed by atoms with E-state index in [-0.39, 0.29) is 17.8 Å². The largest absolute Gasteiger partial charge is 0.466 e. The van der Waals surface area contributed by atoms with Crippen LogP contribution in [0.5, 0.6) is 0 Å². The Kier molecular flexibility index (Phi) is 6.41. The highest BCUT2D eigenvalue weighted by atomic mass is 16.5. The summed E-state index contributed by atoms with van der Waals surface area (Å²) in [5, 5.41) is 0. The molecule has 1 aromatic rings. The molecule has 0 radical (unpaired) electrons. The van der Waals surface area contributed by atoms with Crippen molar-refractivity contribution in [2.75, 3.05) is 38.7 Å². The molecular formula is C19H26N2O3. The Morgan fingerprint density at radius 1 is 1.29 bits per heavy atom. The van der Waals surface area contributed by atoms with Gasteiger partial charge in [-0.25, -0.2) is 0 Å². The predicted molar refractivity (Wildman–Crippen MR) is 95.7 cm³/mol. The number of carbonyl (C=O) groups excluding carboxylic acids is 2. The van der Waals surface area contributed by atoms with Gasteiger partial charge in [0.25, 0.3) is 0 Å². The van der Waals surface area contributed by atoms with Gasteiger partial charge in [-0.1, -0.05) is 12.1 Å². The van der Waals surface area contributed by atoms with Crippen LogP contribution < -0.4 is 4.90 Å². The Morgan fingerprint density at radius 3 is 2.62 bits per heavy atom. The molecule has 0 saturated carbocycles.